The third-order valence-corrected chi connectivity index (χ3v) is 4.16. The summed E-state index contributed by atoms with van der Waals surface area (Å²) in [5.74, 6) is 0.448. The number of carbonyl (C=O) groups is 2. The molecule has 2 amide bonds. The fraction of sp³-hybridized carbons (Fsp3) is 0.471. The van der Waals surface area contributed by atoms with Gasteiger partial charge in [0, 0.05) is 13.1 Å². The molecule has 0 fully saturated rings. The predicted octanol–water partition coefficient (Wildman–Crippen LogP) is 2.15. The standard InChI is InChI=1S/C17H22N4O3/c1-11(2)10-13(15(22)24-3)19-17(23)21-9-8-20-14-7-5-4-6-12(14)18-16(20)21/h4-7,11,13H,8-10H2,1-3H3,(H,19,23)/t13-/m1/s1. The second kappa shape index (κ2) is 6.51. The average molecular weight is 330 g/mol. The smallest absolute Gasteiger partial charge is 0.328 e. The number of benzene rings is 1. The largest absolute Gasteiger partial charge is 0.467 e. The van der Waals surface area contributed by atoms with Crippen LogP contribution in [0.15, 0.2) is 24.3 Å². The number of para-hydroxylation sites is 2. The van der Waals surface area contributed by atoms with Gasteiger partial charge in [-0.1, -0.05) is 26.0 Å². The molecular formula is C17H22N4O3. The summed E-state index contributed by atoms with van der Waals surface area (Å²) in [7, 11) is 1.33. The molecule has 24 heavy (non-hydrogen) atoms. The minimum absolute atomic E-state index is 0.262. The summed E-state index contributed by atoms with van der Waals surface area (Å²) in [5.41, 5.74) is 1.87. The molecular weight excluding hydrogens is 308 g/mol. The van der Waals surface area contributed by atoms with Gasteiger partial charge in [0.05, 0.1) is 18.1 Å². The SMILES string of the molecule is COC(=O)[C@@H](CC(C)C)NC(=O)N1CCn2c1nc1ccccc12. The van der Waals surface area contributed by atoms with Gasteiger partial charge in [0.25, 0.3) is 0 Å². The monoisotopic (exact) mass is 330 g/mol. The van der Waals surface area contributed by atoms with E-state index in [0.29, 0.717) is 25.5 Å². The van der Waals surface area contributed by atoms with Crippen molar-refractivity contribution in [3.05, 3.63) is 24.3 Å². The van der Waals surface area contributed by atoms with E-state index < -0.39 is 12.0 Å². The van der Waals surface area contributed by atoms with E-state index in [1.54, 1.807) is 4.90 Å². The number of ether oxygens (including phenoxy) is 1. The summed E-state index contributed by atoms with van der Waals surface area (Å²) in [5, 5.41) is 2.79. The van der Waals surface area contributed by atoms with Gasteiger partial charge in [-0.15, -0.1) is 0 Å². The van der Waals surface area contributed by atoms with Gasteiger partial charge >= 0.3 is 12.0 Å². The lowest BCUT2D eigenvalue weighted by atomic mass is 10.0. The number of nitrogens with zero attached hydrogens (tertiary/aromatic N) is 3. The minimum atomic E-state index is -0.652. The number of hydrogen-bond donors (Lipinski definition) is 1. The number of amides is 2. The van der Waals surface area contributed by atoms with E-state index in [4.69, 9.17) is 4.74 Å². The summed E-state index contributed by atoms with van der Waals surface area (Å²) in [6.07, 6.45) is 0.530. The van der Waals surface area contributed by atoms with Gasteiger partial charge in [0.1, 0.15) is 6.04 Å². The zero-order chi connectivity index (χ0) is 17.3. The molecule has 1 aromatic carbocycles. The van der Waals surface area contributed by atoms with Crippen LogP contribution < -0.4 is 10.2 Å². The van der Waals surface area contributed by atoms with E-state index in [9.17, 15) is 9.59 Å². The molecule has 128 valence electrons. The number of aromatic nitrogens is 2. The quantitative estimate of drug-likeness (QED) is 0.872. The van der Waals surface area contributed by atoms with E-state index in [1.165, 1.54) is 7.11 Å². The lowest BCUT2D eigenvalue weighted by Crippen LogP contribution is -2.48. The summed E-state index contributed by atoms with van der Waals surface area (Å²) >= 11 is 0. The number of anilines is 1. The Kier molecular flexibility index (Phi) is 4.42. The van der Waals surface area contributed by atoms with Crippen molar-refractivity contribution in [2.45, 2.75) is 32.9 Å². The van der Waals surface area contributed by atoms with Gasteiger partial charge in [-0.25, -0.2) is 14.6 Å². The lowest BCUT2D eigenvalue weighted by Gasteiger charge is -2.21. The Morgan fingerprint density at radius 1 is 1.29 bits per heavy atom. The number of rotatable bonds is 4. The van der Waals surface area contributed by atoms with Crippen LogP contribution in [0.2, 0.25) is 0 Å². The van der Waals surface area contributed by atoms with Crippen LogP contribution in [0.3, 0.4) is 0 Å². The molecule has 7 nitrogen and oxygen atoms in total. The van der Waals surface area contributed by atoms with Crippen molar-refractivity contribution in [1.29, 1.82) is 0 Å². The second-order valence-corrected chi connectivity index (χ2v) is 6.36. The van der Waals surface area contributed by atoms with Gasteiger partial charge in [0.15, 0.2) is 0 Å². The van der Waals surface area contributed by atoms with Crippen molar-refractivity contribution in [3.63, 3.8) is 0 Å². The summed E-state index contributed by atoms with van der Waals surface area (Å²) in [4.78, 5) is 30.7. The number of fused-ring (bicyclic) bond motifs is 3. The Bertz CT molecular complexity index is 768. The molecule has 1 atom stereocenters. The highest BCUT2D eigenvalue weighted by Gasteiger charge is 2.31. The molecule has 0 saturated heterocycles. The molecule has 0 radical (unpaired) electrons. The van der Waals surface area contributed by atoms with Crippen LogP contribution in [0, 0.1) is 5.92 Å². The van der Waals surface area contributed by atoms with Gasteiger partial charge in [-0.2, -0.15) is 0 Å². The number of methoxy groups -OCH3 is 1. The van der Waals surface area contributed by atoms with Crippen LogP contribution in [0.5, 0.6) is 0 Å². The Morgan fingerprint density at radius 2 is 2.04 bits per heavy atom. The van der Waals surface area contributed by atoms with Gasteiger partial charge < -0.3 is 14.6 Å². The van der Waals surface area contributed by atoms with Crippen LogP contribution >= 0.6 is 0 Å². The summed E-state index contributed by atoms with van der Waals surface area (Å²) in [6, 6.07) is 6.82. The normalized spacial score (nSPS) is 14.8. The summed E-state index contributed by atoms with van der Waals surface area (Å²) in [6.45, 7) is 5.22. The van der Waals surface area contributed by atoms with E-state index >= 15 is 0 Å². The number of nitrogens with one attached hydrogen (secondary N) is 1. The fourth-order valence-corrected chi connectivity index (χ4v) is 3.04. The Labute approximate surface area is 140 Å². The first-order valence-electron chi connectivity index (χ1n) is 8.12. The minimum Gasteiger partial charge on any atom is -0.467 e. The van der Waals surface area contributed by atoms with Crippen LogP contribution in [0.1, 0.15) is 20.3 Å². The van der Waals surface area contributed by atoms with Crippen LogP contribution in [-0.4, -0.2) is 41.2 Å². The molecule has 7 heteroatoms. The van der Waals surface area contributed by atoms with Crippen molar-refractivity contribution in [2.75, 3.05) is 18.6 Å². The van der Waals surface area contributed by atoms with Gasteiger partial charge in [0.2, 0.25) is 5.95 Å². The average Bonchev–Trinajstić information content (AvgIpc) is 3.11. The molecule has 0 bridgehead atoms. The molecule has 0 saturated carbocycles. The van der Waals surface area contributed by atoms with Crippen LogP contribution in [0.4, 0.5) is 10.7 Å². The first-order chi connectivity index (χ1) is 11.5. The van der Waals surface area contributed by atoms with Crippen molar-refractivity contribution in [1.82, 2.24) is 14.9 Å². The molecule has 1 aromatic heterocycles. The summed E-state index contributed by atoms with van der Waals surface area (Å²) < 4.78 is 6.82. The Morgan fingerprint density at radius 3 is 2.75 bits per heavy atom. The van der Waals surface area contributed by atoms with Gasteiger partial charge in [-0.3, -0.25) is 4.90 Å². The molecule has 3 rings (SSSR count). The Balaban J connectivity index is 1.80. The highest BCUT2D eigenvalue weighted by atomic mass is 16.5. The molecule has 2 aromatic rings. The van der Waals surface area contributed by atoms with E-state index in [2.05, 4.69) is 10.3 Å². The first kappa shape index (κ1) is 16.3. The molecule has 1 aliphatic heterocycles. The zero-order valence-corrected chi connectivity index (χ0v) is 14.2. The molecule has 0 spiro atoms. The van der Waals surface area contributed by atoms with E-state index in [-0.39, 0.29) is 11.9 Å². The predicted molar refractivity (Wildman–Crippen MR) is 90.9 cm³/mol. The number of hydrogen-bond acceptors (Lipinski definition) is 4. The van der Waals surface area contributed by atoms with E-state index in [0.717, 1.165) is 11.0 Å². The van der Waals surface area contributed by atoms with Crippen molar-refractivity contribution in [2.24, 2.45) is 5.92 Å². The third-order valence-electron chi connectivity index (χ3n) is 4.16. The lowest BCUT2D eigenvalue weighted by molar-refractivity contribution is -0.143. The fourth-order valence-electron chi connectivity index (χ4n) is 3.04. The second-order valence-electron chi connectivity index (χ2n) is 6.36. The topological polar surface area (TPSA) is 76.5 Å². The van der Waals surface area contributed by atoms with Crippen LogP contribution in [-0.2, 0) is 16.1 Å². The van der Waals surface area contributed by atoms with Crippen molar-refractivity contribution in [3.8, 4) is 0 Å². The first-order valence-corrected chi connectivity index (χ1v) is 8.12. The van der Waals surface area contributed by atoms with E-state index in [1.807, 2.05) is 42.7 Å². The number of imidazole rings is 1. The maximum atomic E-state index is 12.7. The highest BCUT2D eigenvalue weighted by molar-refractivity contribution is 5.95. The zero-order valence-electron chi connectivity index (χ0n) is 14.2. The van der Waals surface area contributed by atoms with Crippen LogP contribution in [0.25, 0.3) is 11.0 Å². The molecule has 0 unspecified atom stereocenters. The number of urea groups is 1. The maximum absolute atomic E-state index is 12.7. The number of esters is 1. The molecule has 2 heterocycles. The highest BCUT2D eigenvalue weighted by Crippen LogP contribution is 2.27. The van der Waals surface area contributed by atoms with Crippen molar-refractivity contribution < 1.29 is 14.3 Å². The molecule has 0 aliphatic carbocycles. The van der Waals surface area contributed by atoms with Gasteiger partial charge in [-0.05, 0) is 24.5 Å². The third kappa shape index (κ3) is 2.93. The Hall–Kier alpha value is -2.57. The maximum Gasteiger partial charge on any atom is 0.328 e. The molecule has 1 aliphatic rings. The number of carbonyl (C=O) groups excluding carboxylic acids is 2. The molecule has 1 N–H and O–H groups in total. The van der Waals surface area contributed by atoms with Crippen molar-refractivity contribution >= 4 is 29.0 Å².